The molecular formula is C11H8F2N4O3S. The molecule has 1 heterocycles. The SMILES string of the molecule is Nc1nc(CC(=O)Nc2c(F)cc(F)cc2[N+](=O)[O-])cs1. The number of anilines is 2. The summed E-state index contributed by atoms with van der Waals surface area (Å²) >= 11 is 1.12. The van der Waals surface area contributed by atoms with E-state index in [2.05, 4.69) is 4.98 Å². The fraction of sp³-hybridized carbons (Fsp3) is 0.0909. The Labute approximate surface area is 120 Å². The molecular weight excluding hydrogens is 306 g/mol. The monoisotopic (exact) mass is 314 g/mol. The molecule has 0 saturated carbocycles. The predicted molar refractivity (Wildman–Crippen MR) is 71.9 cm³/mol. The Bertz CT molecular complexity index is 719. The van der Waals surface area contributed by atoms with Crippen molar-refractivity contribution in [3.8, 4) is 0 Å². The molecule has 0 aliphatic heterocycles. The quantitative estimate of drug-likeness (QED) is 0.663. The first kappa shape index (κ1) is 14.8. The van der Waals surface area contributed by atoms with Gasteiger partial charge in [-0.25, -0.2) is 13.8 Å². The van der Waals surface area contributed by atoms with Crippen molar-refractivity contribution < 1.29 is 18.5 Å². The van der Waals surface area contributed by atoms with Crippen LogP contribution in [0.25, 0.3) is 0 Å². The standard InChI is InChI=1S/C11H8F2N4O3S/c12-5-1-7(13)10(8(2-5)17(19)20)16-9(18)3-6-4-21-11(14)15-6/h1-2,4H,3H2,(H2,14,15)(H,16,18). The van der Waals surface area contributed by atoms with Crippen LogP contribution in [0.1, 0.15) is 5.69 Å². The number of hydrogen-bond acceptors (Lipinski definition) is 6. The molecule has 2 aromatic rings. The fourth-order valence-electron chi connectivity index (χ4n) is 1.58. The minimum Gasteiger partial charge on any atom is -0.375 e. The lowest BCUT2D eigenvalue weighted by Gasteiger charge is -2.06. The highest BCUT2D eigenvalue weighted by molar-refractivity contribution is 7.13. The van der Waals surface area contributed by atoms with E-state index in [1.165, 1.54) is 5.38 Å². The first-order valence-corrected chi connectivity index (χ1v) is 6.38. The first-order chi connectivity index (χ1) is 9.86. The van der Waals surface area contributed by atoms with Crippen molar-refractivity contribution in [1.29, 1.82) is 0 Å². The summed E-state index contributed by atoms with van der Waals surface area (Å²) in [4.78, 5) is 25.3. The minimum absolute atomic E-state index is 0.234. The topological polar surface area (TPSA) is 111 Å². The second-order valence-corrected chi connectivity index (χ2v) is 4.83. The number of nitro benzene ring substituents is 1. The van der Waals surface area contributed by atoms with Crippen LogP contribution in [0.3, 0.4) is 0 Å². The number of thiazole rings is 1. The maximum Gasteiger partial charge on any atom is 0.298 e. The molecule has 0 aliphatic carbocycles. The lowest BCUT2D eigenvalue weighted by molar-refractivity contribution is -0.384. The molecule has 1 aromatic heterocycles. The number of nitrogens with one attached hydrogen (secondary N) is 1. The van der Waals surface area contributed by atoms with Crippen molar-refractivity contribution >= 4 is 33.8 Å². The number of nitrogen functional groups attached to an aromatic ring is 1. The van der Waals surface area contributed by atoms with Crippen molar-refractivity contribution in [2.45, 2.75) is 6.42 Å². The molecule has 10 heteroatoms. The van der Waals surface area contributed by atoms with E-state index < -0.39 is 33.8 Å². The summed E-state index contributed by atoms with van der Waals surface area (Å²) in [5.41, 5.74) is 4.20. The number of halogens is 2. The molecule has 3 N–H and O–H groups in total. The average molecular weight is 314 g/mol. The Morgan fingerprint density at radius 1 is 1.48 bits per heavy atom. The number of carbonyl (C=O) groups excluding carboxylic acids is 1. The van der Waals surface area contributed by atoms with Crippen LogP contribution in [0.2, 0.25) is 0 Å². The second-order valence-electron chi connectivity index (χ2n) is 3.94. The smallest absolute Gasteiger partial charge is 0.298 e. The van der Waals surface area contributed by atoms with Gasteiger partial charge in [-0.1, -0.05) is 0 Å². The highest BCUT2D eigenvalue weighted by Gasteiger charge is 2.22. The lowest BCUT2D eigenvalue weighted by atomic mass is 10.2. The van der Waals surface area contributed by atoms with Gasteiger partial charge in [0, 0.05) is 11.4 Å². The van der Waals surface area contributed by atoms with Gasteiger partial charge in [0.2, 0.25) is 5.91 Å². The average Bonchev–Trinajstić information content (AvgIpc) is 2.77. The molecule has 0 bridgehead atoms. The number of amides is 1. The van der Waals surface area contributed by atoms with Crippen molar-refractivity contribution in [2.75, 3.05) is 11.1 Å². The Hall–Kier alpha value is -2.62. The third kappa shape index (κ3) is 3.48. The number of rotatable bonds is 4. The maximum atomic E-state index is 13.6. The van der Waals surface area contributed by atoms with E-state index in [0.717, 1.165) is 11.3 Å². The molecule has 1 amide bonds. The zero-order valence-electron chi connectivity index (χ0n) is 10.3. The van der Waals surface area contributed by atoms with Crippen molar-refractivity contribution in [3.05, 3.63) is 45.0 Å². The van der Waals surface area contributed by atoms with Crippen molar-refractivity contribution in [1.82, 2.24) is 4.98 Å². The van der Waals surface area contributed by atoms with Crippen LogP contribution in [-0.4, -0.2) is 15.8 Å². The van der Waals surface area contributed by atoms with Gasteiger partial charge >= 0.3 is 0 Å². The van der Waals surface area contributed by atoms with E-state index in [9.17, 15) is 23.7 Å². The van der Waals surface area contributed by atoms with Gasteiger partial charge in [0.15, 0.2) is 16.6 Å². The molecule has 0 atom stereocenters. The molecule has 0 fully saturated rings. The summed E-state index contributed by atoms with van der Waals surface area (Å²) < 4.78 is 26.6. The van der Waals surface area contributed by atoms with Crippen LogP contribution in [0.15, 0.2) is 17.5 Å². The Morgan fingerprint density at radius 3 is 2.76 bits per heavy atom. The van der Waals surface area contributed by atoms with Crippen LogP contribution in [0.4, 0.5) is 25.3 Å². The number of nitrogens with zero attached hydrogens (tertiary/aromatic N) is 2. The van der Waals surface area contributed by atoms with E-state index in [4.69, 9.17) is 5.73 Å². The summed E-state index contributed by atoms with van der Waals surface area (Å²) in [6.07, 6.45) is -0.234. The third-order valence-corrected chi connectivity index (χ3v) is 3.13. The molecule has 0 unspecified atom stereocenters. The third-order valence-electron chi connectivity index (χ3n) is 2.41. The zero-order valence-corrected chi connectivity index (χ0v) is 11.1. The Morgan fingerprint density at radius 2 is 2.19 bits per heavy atom. The zero-order chi connectivity index (χ0) is 15.6. The van der Waals surface area contributed by atoms with Crippen molar-refractivity contribution in [2.24, 2.45) is 0 Å². The predicted octanol–water partition coefficient (Wildman–Crippen LogP) is 2.09. The molecule has 0 aliphatic rings. The fourth-order valence-corrected chi connectivity index (χ4v) is 2.14. The highest BCUT2D eigenvalue weighted by atomic mass is 32.1. The Balaban J connectivity index is 2.22. The normalized spacial score (nSPS) is 10.4. The van der Waals surface area contributed by atoms with Gasteiger partial charge in [0.05, 0.1) is 23.1 Å². The van der Waals surface area contributed by atoms with Gasteiger partial charge in [0.1, 0.15) is 5.82 Å². The minimum atomic E-state index is -1.23. The van der Waals surface area contributed by atoms with Gasteiger partial charge in [-0.3, -0.25) is 14.9 Å². The number of hydrogen-bond donors (Lipinski definition) is 2. The first-order valence-electron chi connectivity index (χ1n) is 5.50. The van der Waals surface area contributed by atoms with E-state index in [-0.39, 0.29) is 11.6 Å². The van der Waals surface area contributed by atoms with Crippen molar-refractivity contribution in [3.63, 3.8) is 0 Å². The van der Waals surface area contributed by atoms with Crippen LogP contribution in [-0.2, 0) is 11.2 Å². The van der Waals surface area contributed by atoms with Gasteiger partial charge in [-0.2, -0.15) is 0 Å². The van der Waals surface area contributed by atoms with E-state index in [0.29, 0.717) is 17.8 Å². The number of benzene rings is 1. The maximum absolute atomic E-state index is 13.6. The number of nitro groups is 1. The van der Waals surface area contributed by atoms with Crippen LogP contribution >= 0.6 is 11.3 Å². The molecule has 0 saturated heterocycles. The summed E-state index contributed by atoms with van der Waals surface area (Å²) in [6, 6.07) is 0.975. The summed E-state index contributed by atoms with van der Waals surface area (Å²) in [6.45, 7) is 0. The molecule has 1 aromatic carbocycles. The molecule has 0 spiro atoms. The summed E-state index contributed by atoms with van der Waals surface area (Å²) in [5.74, 6) is -3.06. The van der Waals surface area contributed by atoms with Gasteiger partial charge < -0.3 is 11.1 Å². The van der Waals surface area contributed by atoms with Crippen LogP contribution < -0.4 is 11.1 Å². The Kier molecular flexibility index (Phi) is 4.08. The largest absolute Gasteiger partial charge is 0.375 e. The number of aromatic nitrogens is 1. The molecule has 0 radical (unpaired) electrons. The van der Waals surface area contributed by atoms with Gasteiger partial charge in [-0.15, -0.1) is 11.3 Å². The highest BCUT2D eigenvalue weighted by Crippen LogP contribution is 2.28. The summed E-state index contributed by atoms with van der Waals surface area (Å²) in [5, 5.41) is 14.6. The van der Waals surface area contributed by atoms with Crippen LogP contribution in [0.5, 0.6) is 0 Å². The van der Waals surface area contributed by atoms with Gasteiger partial charge in [-0.05, 0) is 0 Å². The van der Waals surface area contributed by atoms with Crippen LogP contribution in [0, 0.1) is 21.7 Å². The van der Waals surface area contributed by atoms with E-state index in [1.807, 2.05) is 5.32 Å². The summed E-state index contributed by atoms with van der Waals surface area (Å²) in [7, 11) is 0. The second kappa shape index (κ2) is 5.79. The van der Waals surface area contributed by atoms with E-state index in [1.54, 1.807) is 0 Å². The molecule has 21 heavy (non-hydrogen) atoms. The van der Waals surface area contributed by atoms with Gasteiger partial charge in [0.25, 0.3) is 5.69 Å². The lowest BCUT2D eigenvalue weighted by Crippen LogP contribution is -2.17. The number of carbonyl (C=O) groups is 1. The molecule has 110 valence electrons. The molecule has 7 nitrogen and oxygen atoms in total. The number of nitrogens with two attached hydrogens (primary N) is 1. The van der Waals surface area contributed by atoms with E-state index >= 15 is 0 Å². The molecule has 2 rings (SSSR count).